The highest BCUT2D eigenvalue weighted by atomic mass is 32.1. The molecule has 1 aromatic carbocycles. The molecule has 0 spiro atoms. The van der Waals surface area contributed by atoms with E-state index in [0.717, 1.165) is 4.88 Å². The molecule has 0 bridgehead atoms. The zero-order chi connectivity index (χ0) is 14.5. The molecule has 0 saturated heterocycles. The number of hydrogen-bond donors (Lipinski definition) is 0. The molecule has 0 N–H and O–H groups in total. The maximum absolute atomic E-state index is 12.2. The van der Waals surface area contributed by atoms with Gasteiger partial charge >= 0.3 is 0 Å². The van der Waals surface area contributed by atoms with Crippen LogP contribution in [0.1, 0.15) is 20.1 Å². The summed E-state index contributed by atoms with van der Waals surface area (Å²) in [6, 6.07) is 9.19. The molecule has 2 aromatic rings. The minimum atomic E-state index is -0.0874. The maximum Gasteiger partial charge on any atom is 0.189 e. The van der Waals surface area contributed by atoms with E-state index in [1.54, 1.807) is 42.7 Å². The second-order valence-corrected chi connectivity index (χ2v) is 5.53. The molecule has 0 radical (unpaired) electrons. The minimum absolute atomic E-state index is 0.0874. The van der Waals surface area contributed by atoms with Gasteiger partial charge in [0.15, 0.2) is 5.78 Å². The molecular weight excluding hydrogens is 272 g/mol. The number of methoxy groups -OCH3 is 2. The van der Waals surface area contributed by atoms with Crippen LogP contribution in [0.2, 0.25) is 0 Å². The molecule has 0 amide bonds. The number of aryl methyl sites for hydroxylation is 1. The van der Waals surface area contributed by atoms with Crippen molar-refractivity contribution in [3.05, 3.63) is 51.7 Å². The number of ketones is 1. The first-order valence-electron chi connectivity index (χ1n) is 6.15. The monoisotopic (exact) mass is 288 g/mol. The Morgan fingerprint density at radius 1 is 1.15 bits per heavy atom. The molecule has 1 heterocycles. The molecule has 0 saturated carbocycles. The average Bonchev–Trinajstić information content (AvgIpc) is 2.89. The minimum Gasteiger partial charge on any atom is -0.497 e. The van der Waals surface area contributed by atoms with Gasteiger partial charge in [-0.2, -0.15) is 0 Å². The van der Waals surface area contributed by atoms with E-state index in [9.17, 15) is 4.79 Å². The molecule has 0 aliphatic heterocycles. The maximum atomic E-state index is 12.2. The summed E-state index contributed by atoms with van der Waals surface area (Å²) in [6.45, 7) is 2.04. The highest BCUT2D eigenvalue weighted by Crippen LogP contribution is 2.25. The molecule has 0 fully saturated rings. The summed E-state index contributed by atoms with van der Waals surface area (Å²) in [6.07, 6.45) is 3.39. The molecule has 4 heteroatoms. The number of rotatable bonds is 5. The summed E-state index contributed by atoms with van der Waals surface area (Å²) < 4.78 is 10.3. The highest BCUT2D eigenvalue weighted by molar-refractivity contribution is 7.12. The van der Waals surface area contributed by atoms with Crippen molar-refractivity contribution in [3.8, 4) is 11.5 Å². The predicted molar refractivity (Wildman–Crippen MR) is 82.0 cm³/mol. The lowest BCUT2D eigenvalue weighted by atomic mass is 10.1. The van der Waals surface area contributed by atoms with E-state index in [-0.39, 0.29) is 5.78 Å². The van der Waals surface area contributed by atoms with Gasteiger partial charge in [0.2, 0.25) is 0 Å². The zero-order valence-corrected chi connectivity index (χ0v) is 12.5. The Bertz CT molecular complexity index is 641. The van der Waals surface area contributed by atoms with Gasteiger partial charge in [0.25, 0.3) is 0 Å². The van der Waals surface area contributed by atoms with Gasteiger partial charge in [-0.1, -0.05) is 0 Å². The van der Waals surface area contributed by atoms with Crippen LogP contribution in [0.5, 0.6) is 11.5 Å². The Labute approximate surface area is 122 Å². The van der Waals surface area contributed by atoms with Crippen molar-refractivity contribution in [2.75, 3.05) is 14.2 Å². The van der Waals surface area contributed by atoms with Crippen LogP contribution in [0.4, 0.5) is 0 Å². The molecule has 0 aliphatic carbocycles. The van der Waals surface area contributed by atoms with Gasteiger partial charge in [-0.3, -0.25) is 4.79 Å². The van der Waals surface area contributed by atoms with E-state index in [2.05, 4.69) is 0 Å². The summed E-state index contributed by atoms with van der Waals surface area (Å²) in [5.74, 6) is 1.09. The van der Waals surface area contributed by atoms with Crippen LogP contribution in [0.3, 0.4) is 0 Å². The lowest BCUT2D eigenvalue weighted by Crippen LogP contribution is -1.99. The Morgan fingerprint density at radius 2 is 1.95 bits per heavy atom. The second kappa shape index (κ2) is 6.39. The second-order valence-electron chi connectivity index (χ2n) is 4.21. The fraction of sp³-hybridized carbons (Fsp3) is 0.188. The van der Waals surface area contributed by atoms with Crippen LogP contribution in [-0.2, 0) is 0 Å². The van der Waals surface area contributed by atoms with Gasteiger partial charge in [-0.25, -0.2) is 0 Å². The van der Waals surface area contributed by atoms with E-state index < -0.39 is 0 Å². The van der Waals surface area contributed by atoms with Gasteiger partial charge in [-0.15, -0.1) is 11.3 Å². The van der Waals surface area contributed by atoms with E-state index in [0.29, 0.717) is 17.1 Å². The summed E-state index contributed by atoms with van der Waals surface area (Å²) in [4.78, 5) is 14.5. The van der Waals surface area contributed by atoms with Crippen molar-refractivity contribution in [1.29, 1.82) is 0 Å². The van der Waals surface area contributed by atoms with E-state index in [1.807, 2.05) is 25.1 Å². The van der Waals surface area contributed by atoms with Crippen LogP contribution < -0.4 is 9.47 Å². The molecule has 2 rings (SSSR count). The lowest BCUT2D eigenvalue weighted by Gasteiger charge is -2.07. The van der Waals surface area contributed by atoms with Crippen molar-refractivity contribution < 1.29 is 14.3 Å². The van der Waals surface area contributed by atoms with Crippen LogP contribution >= 0.6 is 11.3 Å². The number of allylic oxidation sites excluding steroid dienone is 1. The van der Waals surface area contributed by atoms with Crippen molar-refractivity contribution >= 4 is 23.2 Å². The third-order valence-corrected chi connectivity index (χ3v) is 3.80. The third-order valence-electron chi connectivity index (χ3n) is 2.83. The molecule has 20 heavy (non-hydrogen) atoms. The molecule has 1 aromatic heterocycles. The largest absolute Gasteiger partial charge is 0.497 e. The Kier molecular flexibility index (Phi) is 4.58. The molecule has 104 valence electrons. The van der Waals surface area contributed by atoms with Crippen LogP contribution in [0.25, 0.3) is 6.08 Å². The van der Waals surface area contributed by atoms with Crippen molar-refractivity contribution in [2.45, 2.75) is 6.92 Å². The van der Waals surface area contributed by atoms with Crippen LogP contribution in [0.15, 0.2) is 36.4 Å². The fourth-order valence-electron chi connectivity index (χ4n) is 1.79. The Balaban J connectivity index is 2.22. The Morgan fingerprint density at radius 3 is 2.55 bits per heavy atom. The number of thiophene rings is 1. The average molecular weight is 288 g/mol. The Hall–Kier alpha value is -2.07. The standard InChI is InChI=1S/C16H16O3S/c1-11-4-6-13(20-11)7-9-15(17)14-8-5-12(18-2)10-16(14)19-3/h4-10H,1-3H3/b9-7+. The van der Waals surface area contributed by atoms with Crippen molar-refractivity contribution in [1.82, 2.24) is 0 Å². The number of hydrogen-bond acceptors (Lipinski definition) is 4. The van der Waals surface area contributed by atoms with Gasteiger partial charge in [0, 0.05) is 15.8 Å². The topological polar surface area (TPSA) is 35.5 Å². The summed E-state index contributed by atoms with van der Waals surface area (Å²) in [5, 5.41) is 0. The first-order valence-corrected chi connectivity index (χ1v) is 6.96. The summed E-state index contributed by atoms with van der Waals surface area (Å²) in [5.41, 5.74) is 0.526. The number of benzene rings is 1. The van der Waals surface area contributed by atoms with Gasteiger partial charge < -0.3 is 9.47 Å². The quantitative estimate of drug-likeness (QED) is 0.617. The van der Waals surface area contributed by atoms with Crippen LogP contribution in [-0.4, -0.2) is 20.0 Å². The number of ether oxygens (including phenoxy) is 2. The van der Waals surface area contributed by atoms with Crippen molar-refractivity contribution in [2.24, 2.45) is 0 Å². The van der Waals surface area contributed by atoms with Gasteiger partial charge in [-0.05, 0) is 43.3 Å². The SMILES string of the molecule is COc1ccc(C(=O)/C=C/c2ccc(C)s2)c(OC)c1. The number of carbonyl (C=O) groups excluding carboxylic acids is 1. The van der Waals surface area contributed by atoms with Crippen LogP contribution in [0, 0.1) is 6.92 Å². The molecule has 0 aliphatic rings. The van der Waals surface area contributed by atoms with E-state index in [1.165, 1.54) is 12.0 Å². The van der Waals surface area contributed by atoms with E-state index >= 15 is 0 Å². The smallest absolute Gasteiger partial charge is 0.189 e. The zero-order valence-electron chi connectivity index (χ0n) is 11.7. The van der Waals surface area contributed by atoms with Gasteiger partial charge in [0.1, 0.15) is 11.5 Å². The predicted octanol–water partition coefficient (Wildman–Crippen LogP) is 3.97. The van der Waals surface area contributed by atoms with Crippen molar-refractivity contribution in [3.63, 3.8) is 0 Å². The molecule has 3 nitrogen and oxygen atoms in total. The highest BCUT2D eigenvalue weighted by Gasteiger charge is 2.10. The molecule has 0 unspecified atom stereocenters. The van der Waals surface area contributed by atoms with E-state index in [4.69, 9.17) is 9.47 Å². The lowest BCUT2D eigenvalue weighted by molar-refractivity contribution is 0.104. The third kappa shape index (κ3) is 3.27. The normalized spacial score (nSPS) is 10.8. The summed E-state index contributed by atoms with van der Waals surface area (Å²) >= 11 is 1.65. The van der Waals surface area contributed by atoms with Gasteiger partial charge in [0.05, 0.1) is 19.8 Å². The summed E-state index contributed by atoms with van der Waals surface area (Å²) in [7, 11) is 3.12. The number of carbonyl (C=O) groups is 1. The molecular formula is C16H16O3S. The first-order chi connectivity index (χ1) is 9.63. The first kappa shape index (κ1) is 14.3. The fourth-order valence-corrected chi connectivity index (χ4v) is 2.57. The molecule has 0 atom stereocenters.